The van der Waals surface area contributed by atoms with Crippen molar-refractivity contribution < 1.29 is 9.84 Å². The zero-order chi connectivity index (χ0) is 14.0. The summed E-state index contributed by atoms with van der Waals surface area (Å²) in [5.74, 6) is 0.767. The van der Waals surface area contributed by atoms with Crippen LogP contribution in [0.4, 0.5) is 0 Å². The number of methoxy groups -OCH3 is 1. The molecule has 0 bridgehead atoms. The van der Waals surface area contributed by atoms with Crippen molar-refractivity contribution in [1.29, 1.82) is 0 Å². The van der Waals surface area contributed by atoms with Crippen LogP contribution >= 0.6 is 11.6 Å². The highest BCUT2D eigenvalue weighted by atomic mass is 35.5. The molecule has 0 spiro atoms. The lowest BCUT2D eigenvalue weighted by molar-refractivity contribution is 0.376. The molecule has 0 heterocycles. The molecule has 0 unspecified atom stereocenters. The van der Waals surface area contributed by atoms with Gasteiger partial charge in [-0.1, -0.05) is 54.1 Å². The van der Waals surface area contributed by atoms with Crippen LogP contribution < -0.4 is 15.1 Å². The van der Waals surface area contributed by atoms with Crippen molar-refractivity contribution in [1.82, 2.24) is 0 Å². The molecule has 0 saturated carbocycles. The van der Waals surface area contributed by atoms with E-state index in [1.165, 1.54) is 5.19 Å². The third-order valence-electron chi connectivity index (χ3n) is 3.44. The third kappa shape index (κ3) is 2.62. The van der Waals surface area contributed by atoms with Crippen LogP contribution in [0, 0.1) is 0 Å². The first-order valence-corrected chi connectivity index (χ1v) is 9.47. The molecule has 0 saturated heterocycles. The number of phenols is 1. The highest BCUT2D eigenvalue weighted by molar-refractivity contribution is 7.01. The summed E-state index contributed by atoms with van der Waals surface area (Å²) in [7, 11) is -0.331. The summed E-state index contributed by atoms with van der Waals surface area (Å²) in [6, 6.07) is 13.4. The lowest BCUT2D eigenvalue weighted by Crippen LogP contribution is -2.53. The normalized spacial score (nSPS) is 11.4. The number of ether oxygens (including phenoxy) is 1. The smallest absolute Gasteiger partial charge is 0.160 e. The van der Waals surface area contributed by atoms with E-state index in [1.807, 2.05) is 24.3 Å². The van der Waals surface area contributed by atoms with Gasteiger partial charge < -0.3 is 9.84 Å². The van der Waals surface area contributed by atoms with Gasteiger partial charge in [0, 0.05) is 5.02 Å². The summed E-state index contributed by atoms with van der Waals surface area (Å²) in [6.07, 6.45) is 0. The molecule has 2 aromatic rings. The number of hydrogen-bond acceptors (Lipinski definition) is 2. The second-order valence-electron chi connectivity index (χ2n) is 4.99. The van der Waals surface area contributed by atoms with Crippen molar-refractivity contribution in [2.45, 2.75) is 13.1 Å². The van der Waals surface area contributed by atoms with Crippen LogP contribution in [0.5, 0.6) is 11.5 Å². The minimum Gasteiger partial charge on any atom is -0.504 e. The fourth-order valence-electron chi connectivity index (χ4n) is 2.25. The lowest BCUT2D eigenvalue weighted by atomic mass is 10.3. The molecule has 0 fully saturated rings. The lowest BCUT2D eigenvalue weighted by Gasteiger charge is -2.26. The molecule has 0 aliphatic rings. The Morgan fingerprint density at radius 1 is 1.05 bits per heavy atom. The standard InChI is InChI=1S/C15H17ClO2Si/c1-18-15-13(17)5-4-6-14(15)19(2,3)12-9-7-11(16)8-10-12/h4-10,17H,1-3H3. The topological polar surface area (TPSA) is 29.5 Å². The van der Waals surface area contributed by atoms with E-state index in [0.29, 0.717) is 5.75 Å². The Hall–Kier alpha value is -1.45. The average molecular weight is 293 g/mol. The van der Waals surface area contributed by atoms with Crippen LogP contribution in [0.25, 0.3) is 0 Å². The highest BCUT2D eigenvalue weighted by Gasteiger charge is 2.30. The number of benzene rings is 2. The summed E-state index contributed by atoms with van der Waals surface area (Å²) >= 11 is 5.94. The van der Waals surface area contributed by atoms with Crippen LogP contribution in [0.2, 0.25) is 18.1 Å². The molecular weight excluding hydrogens is 276 g/mol. The van der Waals surface area contributed by atoms with Gasteiger partial charge in [0.25, 0.3) is 0 Å². The summed E-state index contributed by atoms with van der Waals surface area (Å²) in [5, 5.41) is 13.0. The number of phenolic OH excluding ortho intramolecular Hbond substituents is 1. The quantitative estimate of drug-likeness (QED) is 0.882. The first-order valence-electron chi connectivity index (χ1n) is 6.09. The van der Waals surface area contributed by atoms with Gasteiger partial charge in [0.15, 0.2) is 11.5 Å². The molecule has 0 aromatic heterocycles. The number of rotatable bonds is 3. The van der Waals surface area contributed by atoms with Gasteiger partial charge >= 0.3 is 0 Å². The molecule has 2 rings (SSSR count). The van der Waals surface area contributed by atoms with Gasteiger partial charge in [-0.05, 0) is 23.4 Å². The van der Waals surface area contributed by atoms with E-state index in [0.717, 1.165) is 10.2 Å². The van der Waals surface area contributed by atoms with Crippen LogP contribution in [-0.2, 0) is 0 Å². The predicted molar refractivity (Wildman–Crippen MR) is 82.9 cm³/mol. The minimum absolute atomic E-state index is 0.189. The number of hydrogen-bond donors (Lipinski definition) is 1. The Morgan fingerprint density at radius 3 is 2.26 bits per heavy atom. The van der Waals surface area contributed by atoms with Gasteiger partial charge in [-0.3, -0.25) is 0 Å². The maximum absolute atomic E-state index is 9.92. The summed E-state index contributed by atoms with van der Waals surface area (Å²) in [4.78, 5) is 0. The van der Waals surface area contributed by atoms with Gasteiger partial charge in [-0.15, -0.1) is 0 Å². The molecule has 100 valence electrons. The Kier molecular flexibility index (Phi) is 3.87. The summed E-state index contributed by atoms with van der Waals surface area (Å²) in [5.41, 5.74) is 0. The molecular formula is C15H17ClO2Si. The maximum atomic E-state index is 9.92. The van der Waals surface area contributed by atoms with E-state index in [4.69, 9.17) is 16.3 Å². The Balaban J connectivity index is 2.56. The fraction of sp³-hybridized carbons (Fsp3) is 0.200. The third-order valence-corrected chi connectivity index (χ3v) is 7.21. The molecule has 0 aliphatic heterocycles. The molecule has 0 atom stereocenters. The largest absolute Gasteiger partial charge is 0.504 e. The van der Waals surface area contributed by atoms with E-state index in [1.54, 1.807) is 13.2 Å². The van der Waals surface area contributed by atoms with E-state index in [9.17, 15) is 5.11 Å². The number of para-hydroxylation sites is 1. The molecule has 0 radical (unpaired) electrons. The van der Waals surface area contributed by atoms with Crippen molar-refractivity contribution >= 4 is 30.0 Å². The Bertz CT molecular complexity index is 579. The van der Waals surface area contributed by atoms with Crippen molar-refractivity contribution in [3.05, 3.63) is 47.5 Å². The van der Waals surface area contributed by atoms with Gasteiger partial charge in [0.05, 0.1) is 7.11 Å². The van der Waals surface area contributed by atoms with Crippen molar-refractivity contribution in [3.63, 3.8) is 0 Å². The zero-order valence-electron chi connectivity index (χ0n) is 11.3. The fourth-order valence-corrected chi connectivity index (χ4v) is 5.00. The zero-order valence-corrected chi connectivity index (χ0v) is 13.0. The van der Waals surface area contributed by atoms with E-state index in [-0.39, 0.29) is 5.75 Å². The summed E-state index contributed by atoms with van der Waals surface area (Å²) in [6.45, 7) is 4.46. The molecule has 2 aromatic carbocycles. The van der Waals surface area contributed by atoms with Gasteiger partial charge in [0.1, 0.15) is 8.07 Å². The predicted octanol–water partition coefficient (Wildman–Crippen LogP) is 2.88. The maximum Gasteiger partial charge on any atom is 0.160 e. The van der Waals surface area contributed by atoms with E-state index >= 15 is 0 Å². The van der Waals surface area contributed by atoms with Crippen LogP contribution in [0.3, 0.4) is 0 Å². The van der Waals surface area contributed by atoms with E-state index < -0.39 is 8.07 Å². The summed E-state index contributed by atoms with van der Waals surface area (Å²) < 4.78 is 5.37. The molecule has 0 aliphatic carbocycles. The average Bonchev–Trinajstić information content (AvgIpc) is 2.39. The van der Waals surface area contributed by atoms with Crippen molar-refractivity contribution in [3.8, 4) is 11.5 Å². The van der Waals surface area contributed by atoms with Gasteiger partial charge in [-0.2, -0.15) is 0 Å². The van der Waals surface area contributed by atoms with Crippen LogP contribution in [0.15, 0.2) is 42.5 Å². The highest BCUT2D eigenvalue weighted by Crippen LogP contribution is 2.25. The van der Waals surface area contributed by atoms with E-state index in [2.05, 4.69) is 25.2 Å². The number of aromatic hydroxyl groups is 1. The Labute approximate surface area is 119 Å². The molecule has 19 heavy (non-hydrogen) atoms. The number of halogens is 1. The van der Waals surface area contributed by atoms with Gasteiger partial charge in [0.2, 0.25) is 0 Å². The Morgan fingerprint density at radius 2 is 1.68 bits per heavy atom. The SMILES string of the molecule is COc1c(O)cccc1[Si](C)(C)c1ccc(Cl)cc1. The molecule has 1 N–H and O–H groups in total. The first kappa shape index (κ1) is 14.0. The van der Waals surface area contributed by atoms with Crippen molar-refractivity contribution in [2.24, 2.45) is 0 Å². The van der Waals surface area contributed by atoms with Crippen molar-refractivity contribution in [2.75, 3.05) is 7.11 Å². The molecule has 0 amide bonds. The first-order chi connectivity index (χ1) is 8.96. The van der Waals surface area contributed by atoms with Gasteiger partial charge in [-0.25, -0.2) is 0 Å². The molecule has 2 nitrogen and oxygen atoms in total. The second-order valence-corrected chi connectivity index (χ2v) is 9.79. The van der Waals surface area contributed by atoms with Crippen LogP contribution in [0.1, 0.15) is 0 Å². The van der Waals surface area contributed by atoms with Crippen LogP contribution in [-0.4, -0.2) is 20.3 Å². The molecule has 4 heteroatoms. The second kappa shape index (κ2) is 5.27. The monoisotopic (exact) mass is 292 g/mol. The minimum atomic E-state index is -1.92.